The van der Waals surface area contributed by atoms with Crippen LogP contribution in [0.5, 0.6) is 5.75 Å². The SMILES string of the molecule is Cc1cc(C)c(-c2cccc3c(CCCOc4cccc5ccccc45)c(C(=O)O)[nH]c23)cc1C. The van der Waals surface area contributed by atoms with Crippen LogP contribution in [0.1, 0.15) is 39.2 Å². The van der Waals surface area contributed by atoms with Crippen molar-refractivity contribution in [3.8, 4) is 16.9 Å². The van der Waals surface area contributed by atoms with E-state index in [0.29, 0.717) is 19.4 Å². The van der Waals surface area contributed by atoms with Gasteiger partial charge in [-0.15, -0.1) is 0 Å². The number of rotatable bonds is 7. The lowest BCUT2D eigenvalue weighted by Crippen LogP contribution is -2.04. The van der Waals surface area contributed by atoms with E-state index in [0.717, 1.165) is 44.1 Å². The van der Waals surface area contributed by atoms with Crippen LogP contribution in [-0.2, 0) is 6.42 Å². The van der Waals surface area contributed by atoms with E-state index in [1.54, 1.807) is 0 Å². The van der Waals surface area contributed by atoms with Crippen LogP contribution in [0.2, 0.25) is 0 Å². The standard InChI is InChI=1S/C31H29NO3/c1-19-17-21(3)27(18-20(19)2)26-13-7-12-24-25(30(31(33)34)32-29(24)26)14-8-16-35-28-15-6-10-22-9-4-5-11-23(22)28/h4-7,9-13,15,17-18,32H,8,14,16H2,1-3H3,(H,33,34). The molecular formula is C31H29NO3. The predicted molar refractivity (Wildman–Crippen MR) is 143 cm³/mol. The fourth-order valence-corrected chi connectivity index (χ4v) is 4.94. The zero-order valence-electron chi connectivity index (χ0n) is 20.3. The van der Waals surface area contributed by atoms with Crippen molar-refractivity contribution in [1.29, 1.82) is 0 Å². The van der Waals surface area contributed by atoms with Gasteiger partial charge in [0, 0.05) is 16.3 Å². The van der Waals surface area contributed by atoms with Gasteiger partial charge in [-0.1, -0.05) is 66.7 Å². The van der Waals surface area contributed by atoms with Crippen molar-refractivity contribution >= 4 is 27.6 Å². The van der Waals surface area contributed by atoms with Gasteiger partial charge in [0.25, 0.3) is 0 Å². The normalized spacial score (nSPS) is 11.3. The van der Waals surface area contributed by atoms with Gasteiger partial charge in [0.2, 0.25) is 0 Å². The van der Waals surface area contributed by atoms with Crippen LogP contribution < -0.4 is 4.74 Å². The Morgan fingerprint density at radius 3 is 2.37 bits per heavy atom. The van der Waals surface area contributed by atoms with Crippen LogP contribution in [0.3, 0.4) is 0 Å². The fraction of sp³-hybridized carbons (Fsp3) is 0.194. The van der Waals surface area contributed by atoms with Crippen LogP contribution >= 0.6 is 0 Å². The molecule has 4 nitrogen and oxygen atoms in total. The van der Waals surface area contributed by atoms with E-state index >= 15 is 0 Å². The number of aryl methyl sites for hydroxylation is 4. The molecule has 0 atom stereocenters. The Kier molecular flexibility index (Phi) is 6.04. The summed E-state index contributed by atoms with van der Waals surface area (Å²) in [5.41, 5.74) is 7.78. The second-order valence-electron chi connectivity index (χ2n) is 9.19. The summed E-state index contributed by atoms with van der Waals surface area (Å²) in [5.74, 6) is -0.0816. The predicted octanol–water partition coefficient (Wildman–Crippen LogP) is 7.62. The number of aromatic amines is 1. The Labute approximate surface area is 205 Å². The lowest BCUT2D eigenvalue weighted by Gasteiger charge is -2.11. The molecule has 0 saturated carbocycles. The molecule has 5 rings (SSSR count). The third-order valence-electron chi connectivity index (χ3n) is 6.86. The minimum Gasteiger partial charge on any atom is -0.493 e. The summed E-state index contributed by atoms with van der Waals surface area (Å²) in [7, 11) is 0. The number of aromatic carboxylic acids is 1. The first-order chi connectivity index (χ1) is 16.9. The molecule has 0 fully saturated rings. The molecule has 0 aliphatic carbocycles. The van der Waals surface area contributed by atoms with Gasteiger partial charge in [-0.3, -0.25) is 0 Å². The van der Waals surface area contributed by atoms with Gasteiger partial charge < -0.3 is 14.8 Å². The Hall–Kier alpha value is -4.05. The number of hydrogen-bond acceptors (Lipinski definition) is 2. The van der Waals surface area contributed by atoms with E-state index in [1.165, 1.54) is 16.7 Å². The maximum absolute atomic E-state index is 12.1. The molecule has 4 heteroatoms. The number of benzene rings is 4. The van der Waals surface area contributed by atoms with E-state index in [2.05, 4.69) is 62.2 Å². The molecule has 0 bridgehead atoms. The highest BCUT2D eigenvalue weighted by Gasteiger charge is 2.20. The van der Waals surface area contributed by atoms with E-state index in [9.17, 15) is 9.90 Å². The van der Waals surface area contributed by atoms with E-state index in [-0.39, 0.29) is 5.69 Å². The van der Waals surface area contributed by atoms with Crippen LogP contribution in [0.15, 0.2) is 72.8 Å². The summed E-state index contributed by atoms with van der Waals surface area (Å²) >= 11 is 0. The quantitative estimate of drug-likeness (QED) is 0.244. The van der Waals surface area contributed by atoms with Crippen LogP contribution in [0.4, 0.5) is 0 Å². The van der Waals surface area contributed by atoms with Crippen LogP contribution in [0, 0.1) is 20.8 Å². The smallest absolute Gasteiger partial charge is 0.352 e. The van der Waals surface area contributed by atoms with E-state index in [1.807, 2.05) is 36.4 Å². The van der Waals surface area contributed by atoms with Crippen LogP contribution in [0.25, 0.3) is 32.8 Å². The number of ether oxygens (including phenoxy) is 1. The van der Waals surface area contributed by atoms with Gasteiger partial charge in [-0.05, 0) is 72.9 Å². The molecular weight excluding hydrogens is 434 g/mol. The molecule has 0 unspecified atom stereocenters. The van der Waals surface area contributed by atoms with Crippen molar-refractivity contribution in [3.63, 3.8) is 0 Å². The number of carbonyl (C=O) groups is 1. The second kappa shape index (κ2) is 9.30. The molecule has 4 aromatic carbocycles. The van der Waals surface area contributed by atoms with Gasteiger partial charge >= 0.3 is 5.97 Å². The van der Waals surface area contributed by atoms with E-state index in [4.69, 9.17) is 4.74 Å². The number of aromatic nitrogens is 1. The third-order valence-corrected chi connectivity index (χ3v) is 6.86. The first-order valence-electron chi connectivity index (χ1n) is 12.0. The maximum Gasteiger partial charge on any atom is 0.352 e. The van der Waals surface area contributed by atoms with Gasteiger partial charge in [-0.2, -0.15) is 0 Å². The average molecular weight is 464 g/mol. The van der Waals surface area contributed by atoms with Gasteiger partial charge in [0.1, 0.15) is 11.4 Å². The van der Waals surface area contributed by atoms with Crippen LogP contribution in [-0.4, -0.2) is 22.7 Å². The first kappa shape index (κ1) is 22.7. The molecule has 0 spiro atoms. The highest BCUT2D eigenvalue weighted by molar-refractivity contribution is 6.03. The Morgan fingerprint density at radius 1 is 0.829 bits per heavy atom. The minimum atomic E-state index is -0.936. The maximum atomic E-state index is 12.1. The van der Waals surface area contributed by atoms with Crippen molar-refractivity contribution in [3.05, 3.63) is 101 Å². The highest BCUT2D eigenvalue weighted by atomic mass is 16.5. The molecule has 0 aliphatic heterocycles. The van der Waals surface area contributed by atoms with Gasteiger partial charge in [-0.25, -0.2) is 4.79 Å². The lowest BCUT2D eigenvalue weighted by molar-refractivity contribution is 0.0690. The lowest BCUT2D eigenvalue weighted by atomic mass is 9.93. The Balaban J connectivity index is 1.44. The molecule has 176 valence electrons. The zero-order valence-corrected chi connectivity index (χ0v) is 20.3. The first-order valence-corrected chi connectivity index (χ1v) is 12.0. The number of carboxylic acid groups (broad SMARTS) is 1. The Morgan fingerprint density at radius 2 is 1.54 bits per heavy atom. The number of carboxylic acids is 1. The number of H-pyrrole nitrogens is 1. The summed E-state index contributed by atoms with van der Waals surface area (Å²) < 4.78 is 6.11. The number of fused-ring (bicyclic) bond motifs is 2. The number of para-hydroxylation sites is 1. The average Bonchev–Trinajstić information content (AvgIpc) is 3.23. The molecule has 2 N–H and O–H groups in total. The van der Waals surface area contributed by atoms with Crippen molar-refractivity contribution in [2.45, 2.75) is 33.6 Å². The molecule has 35 heavy (non-hydrogen) atoms. The van der Waals surface area contributed by atoms with Crippen molar-refractivity contribution in [2.75, 3.05) is 6.61 Å². The van der Waals surface area contributed by atoms with Crippen molar-refractivity contribution in [2.24, 2.45) is 0 Å². The minimum absolute atomic E-state index is 0.263. The molecule has 1 heterocycles. The summed E-state index contributed by atoms with van der Waals surface area (Å²) in [6.45, 7) is 6.84. The zero-order chi connectivity index (χ0) is 24.5. The largest absolute Gasteiger partial charge is 0.493 e. The van der Waals surface area contributed by atoms with E-state index < -0.39 is 5.97 Å². The van der Waals surface area contributed by atoms with Crippen molar-refractivity contribution in [1.82, 2.24) is 4.98 Å². The highest BCUT2D eigenvalue weighted by Crippen LogP contribution is 2.35. The molecule has 5 aromatic rings. The van der Waals surface area contributed by atoms with Gasteiger partial charge in [0.05, 0.1) is 12.1 Å². The Bertz CT molecular complexity index is 1560. The topological polar surface area (TPSA) is 62.3 Å². The molecule has 0 amide bonds. The summed E-state index contributed by atoms with van der Waals surface area (Å²) in [4.78, 5) is 15.4. The molecule has 0 aliphatic rings. The number of nitrogens with one attached hydrogen (secondary N) is 1. The van der Waals surface area contributed by atoms with Crippen molar-refractivity contribution < 1.29 is 14.6 Å². The molecule has 0 radical (unpaired) electrons. The molecule has 1 aromatic heterocycles. The second-order valence-corrected chi connectivity index (χ2v) is 9.19. The molecule has 0 saturated heterocycles. The summed E-state index contributed by atoms with van der Waals surface area (Å²) in [6, 6.07) is 24.7. The number of hydrogen-bond donors (Lipinski definition) is 2. The van der Waals surface area contributed by atoms with Gasteiger partial charge in [0.15, 0.2) is 0 Å². The third kappa shape index (κ3) is 4.28. The monoisotopic (exact) mass is 463 g/mol. The summed E-state index contributed by atoms with van der Waals surface area (Å²) in [6.07, 6.45) is 1.32. The summed E-state index contributed by atoms with van der Waals surface area (Å²) in [5, 5.41) is 13.1. The fourth-order valence-electron chi connectivity index (χ4n) is 4.94.